The number of hydrogen-bond donors (Lipinski definition) is 0. The molecule has 3 heterocycles. The van der Waals surface area contributed by atoms with Gasteiger partial charge in [-0.2, -0.15) is 0 Å². The molecule has 2 unspecified atom stereocenters. The zero-order valence-electron chi connectivity index (χ0n) is 23.7. The van der Waals surface area contributed by atoms with Crippen LogP contribution in [0.1, 0.15) is 11.5 Å². The van der Waals surface area contributed by atoms with Gasteiger partial charge in [0.15, 0.2) is 17.5 Å². The average Bonchev–Trinajstić information content (AvgIpc) is 3.63. The summed E-state index contributed by atoms with van der Waals surface area (Å²) in [6.45, 7) is 0. The zero-order chi connectivity index (χ0) is 29.0. The number of nitrogens with zero attached hydrogens (tertiary/aromatic N) is 4. The van der Waals surface area contributed by atoms with E-state index >= 15 is 0 Å². The van der Waals surface area contributed by atoms with Gasteiger partial charge in [-0.1, -0.05) is 121 Å². The van der Waals surface area contributed by atoms with E-state index in [4.69, 9.17) is 15.0 Å². The van der Waals surface area contributed by atoms with E-state index < -0.39 is 0 Å². The van der Waals surface area contributed by atoms with Crippen molar-refractivity contribution in [1.29, 1.82) is 0 Å². The van der Waals surface area contributed by atoms with Crippen LogP contribution in [0.4, 0.5) is 0 Å². The molecule has 0 saturated carbocycles. The summed E-state index contributed by atoms with van der Waals surface area (Å²) in [4.78, 5) is 16.3. The van der Waals surface area contributed by atoms with Crippen LogP contribution in [0.2, 0.25) is 0 Å². The van der Waals surface area contributed by atoms with Gasteiger partial charge in [-0.3, -0.25) is 0 Å². The predicted molar refractivity (Wildman–Crippen MR) is 180 cm³/mol. The molecule has 44 heavy (non-hydrogen) atoms. The molecule has 0 radical (unpaired) electrons. The van der Waals surface area contributed by atoms with Gasteiger partial charge in [-0.05, 0) is 29.8 Å². The minimum absolute atomic E-state index is 0.265. The van der Waals surface area contributed by atoms with Crippen LogP contribution in [0.5, 0.6) is 0 Å². The van der Waals surface area contributed by atoms with Crippen LogP contribution in [-0.2, 0) is 0 Å². The molecule has 0 amide bonds. The van der Waals surface area contributed by atoms with Crippen LogP contribution in [-0.4, -0.2) is 24.8 Å². The normalized spacial score (nSPS) is 16.5. The highest BCUT2D eigenvalue weighted by Gasteiger charge is 2.35. The van der Waals surface area contributed by atoms with Crippen molar-refractivity contribution in [2.24, 2.45) is 0 Å². The lowest BCUT2D eigenvalue weighted by molar-refractivity contribution is 0.929. The lowest BCUT2D eigenvalue weighted by atomic mass is 9.90. The number of thioether (sulfide) groups is 1. The van der Waals surface area contributed by atoms with Gasteiger partial charge >= 0.3 is 0 Å². The van der Waals surface area contributed by atoms with Crippen LogP contribution < -0.4 is 10.6 Å². The highest BCUT2D eigenvalue weighted by molar-refractivity contribution is 8.00. The maximum absolute atomic E-state index is 5.06. The number of para-hydroxylation sites is 2. The summed E-state index contributed by atoms with van der Waals surface area (Å²) in [5.41, 5.74) is 6.76. The Morgan fingerprint density at radius 1 is 0.545 bits per heavy atom. The van der Waals surface area contributed by atoms with Gasteiger partial charge in [-0.15, -0.1) is 11.8 Å². The topological polar surface area (TPSA) is 43.6 Å². The molecule has 2 atom stereocenters. The van der Waals surface area contributed by atoms with Gasteiger partial charge in [0, 0.05) is 49.0 Å². The molecule has 0 spiro atoms. The molecule has 4 nitrogen and oxygen atoms in total. The summed E-state index contributed by atoms with van der Waals surface area (Å²) in [7, 11) is 0. The Morgan fingerprint density at radius 3 is 1.86 bits per heavy atom. The van der Waals surface area contributed by atoms with Crippen molar-refractivity contribution in [2.45, 2.75) is 16.1 Å². The molecule has 7 aromatic rings. The molecule has 2 aromatic heterocycles. The van der Waals surface area contributed by atoms with Crippen molar-refractivity contribution >= 4 is 34.8 Å². The minimum Gasteiger partial charge on any atom is -0.310 e. The highest BCUT2D eigenvalue weighted by atomic mass is 32.2. The molecule has 0 bridgehead atoms. The lowest BCUT2D eigenvalue weighted by Gasteiger charge is -2.16. The van der Waals surface area contributed by atoms with Crippen LogP contribution in [0, 0.1) is 0 Å². The lowest BCUT2D eigenvalue weighted by Crippen LogP contribution is -2.34. The van der Waals surface area contributed by atoms with E-state index in [9.17, 15) is 0 Å². The van der Waals surface area contributed by atoms with E-state index in [2.05, 4.69) is 114 Å². The van der Waals surface area contributed by atoms with E-state index in [0.717, 1.165) is 16.7 Å². The summed E-state index contributed by atoms with van der Waals surface area (Å²) < 4.78 is 2.41. The molecule has 0 saturated heterocycles. The Morgan fingerprint density at radius 2 is 1.16 bits per heavy atom. The fourth-order valence-corrected chi connectivity index (χ4v) is 8.04. The van der Waals surface area contributed by atoms with Crippen LogP contribution in [0.3, 0.4) is 0 Å². The first-order chi connectivity index (χ1) is 21.8. The molecule has 1 aliphatic heterocycles. The minimum atomic E-state index is 0.265. The summed E-state index contributed by atoms with van der Waals surface area (Å²) >= 11 is 1.92. The third-order valence-electron chi connectivity index (χ3n) is 8.59. The quantitative estimate of drug-likeness (QED) is 0.214. The van der Waals surface area contributed by atoms with E-state index in [1.165, 1.54) is 37.6 Å². The van der Waals surface area contributed by atoms with Crippen LogP contribution in [0.15, 0.2) is 138 Å². The average molecular weight is 583 g/mol. The van der Waals surface area contributed by atoms with E-state index in [0.29, 0.717) is 17.5 Å². The van der Waals surface area contributed by atoms with E-state index in [1.807, 2.05) is 48.2 Å². The molecule has 5 aromatic carbocycles. The highest BCUT2D eigenvalue weighted by Crippen LogP contribution is 2.51. The first-order valence-corrected chi connectivity index (χ1v) is 15.8. The van der Waals surface area contributed by atoms with Crippen molar-refractivity contribution < 1.29 is 0 Å². The second-order valence-electron chi connectivity index (χ2n) is 11.2. The van der Waals surface area contributed by atoms with Gasteiger partial charge in [0.05, 0.1) is 10.9 Å². The fraction of sp³-hybridized carbons (Fsp3) is 0.0513. The molecule has 2 aliphatic rings. The Kier molecular flexibility index (Phi) is 5.84. The van der Waals surface area contributed by atoms with Crippen molar-refractivity contribution in [1.82, 2.24) is 19.5 Å². The Bertz CT molecular complexity index is 2250. The van der Waals surface area contributed by atoms with E-state index in [1.54, 1.807) is 0 Å². The Labute approximate surface area is 259 Å². The first kappa shape index (κ1) is 25.3. The van der Waals surface area contributed by atoms with Gasteiger partial charge in [0.2, 0.25) is 0 Å². The van der Waals surface area contributed by atoms with Gasteiger partial charge in [0.1, 0.15) is 0 Å². The van der Waals surface area contributed by atoms with Gasteiger partial charge in [-0.25, -0.2) is 15.0 Å². The number of hydrogen-bond acceptors (Lipinski definition) is 4. The Balaban J connectivity index is 1.22. The van der Waals surface area contributed by atoms with Crippen molar-refractivity contribution in [3.63, 3.8) is 0 Å². The number of aromatic nitrogens is 4. The smallest absolute Gasteiger partial charge is 0.165 e. The number of fused-ring (bicyclic) bond motifs is 6. The SMILES string of the molecule is C1=c2c(n(-c3ccccc3)c3ccccc23)=CC2Sc3c(-c4nc(-c5ccccc5)nc(-c5ccccc5)n4)cccc3C12. The number of rotatable bonds is 4. The fourth-order valence-electron chi connectivity index (χ4n) is 6.58. The molecule has 0 N–H and O–H groups in total. The third kappa shape index (κ3) is 4.04. The first-order valence-electron chi connectivity index (χ1n) is 14.9. The molecular formula is C39H26N4S. The second-order valence-corrected chi connectivity index (χ2v) is 12.4. The Hall–Kier alpha value is -5.26. The molecule has 0 fully saturated rings. The second kappa shape index (κ2) is 10.2. The van der Waals surface area contributed by atoms with E-state index in [-0.39, 0.29) is 11.2 Å². The molecular weight excluding hydrogens is 557 g/mol. The monoisotopic (exact) mass is 582 g/mol. The molecule has 1 aliphatic carbocycles. The molecule has 208 valence electrons. The maximum atomic E-state index is 5.06. The van der Waals surface area contributed by atoms with Crippen molar-refractivity contribution in [2.75, 3.05) is 0 Å². The standard InChI is InChI=1S/C39H26N4S/c1-4-13-25(14-5-1)37-40-38(26-15-6-2-7-16-26)42-39(41-37)30-21-12-20-29-32-23-31-28-19-10-11-22-33(28)43(27-17-8-3-9-18-27)34(31)24-35(32)44-36(29)30/h1-24,32,35H. The summed E-state index contributed by atoms with van der Waals surface area (Å²) in [5.74, 6) is 2.33. The zero-order valence-corrected chi connectivity index (χ0v) is 24.5. The van der Waals surface area contributed by atoms with Crippen LogP contribution in [0.25, 0.3) is 62.9 Å². The maximum Gasteiger partial charge on any atom is 0.165 e. The number of benzene rings is 5. The van der Waals surface area contributed by atoms with Crippen molar-refractivity contribution in [3.8, 4) is 39.9 Å². The third-order valence-corrected chi connectivity index (χ3v) is 9.98. The van der Waals surface area contributed by atoms with Crippen LogP contribution >= 0.6 is 11.8 Å². The van der Waals surface area contributed by atoms with Gasteiger partial charge in [0.25, 0.3) is 0 Å². The van der Waals surface area contributed by atoms with Crippen molar-refractivity contribution in [3.05, 3.63) is 150 Å². The molecule has 5 heteroatoms. The summed E-state index contributed by atoms with van der Waals surface area (Å²) in [5, 5.41) is 4.13. The largest absolute Gasteiger partial charge is 0.310 e. The summed E-state index contributed by atoms with van der Waals surface area (Å²) in [6, 6.07) is 46.4. The predicted octanol–water partition coefficient (Wildman–Crippen LogP) is 7.65. The summed E-state index contributed by atoms with van der Waals surface area (Å²) in [6.07, 6.45) is 4.96. The van der Waals surface area contributed by atoms with Gasteiger partial charge < -0.3 is 4.57 Å². The molecule has 9 rings (SSSR count).